The molecule has 0 bridgehead atoms. The number of piperidine rings is 1. The lowest BCUT2D eigenvalue weighted by Gasteiger charge is -2.23. The van der Waals surface area contributed by atoms with Gasteiger partial charge in [0.15, 0.2) is 0 Å². The van der Waals surface area contributed by atoms with Crippen LogP contribution in [0.25, 0.3) is 0 Å². The van der Waals surface area contributed by atoms with Crippen LogP contribution in [0.2, 0.25) is 5.02 Å². The molecule has 1 saturated heterocycles. The quantitative estimate of drug-likeness (QED) is 0.776. The Labute approximate surface area is 147 Å². The van der Waals surface area contributed by atoms with Gasteiger partial charge in [-0.1, -0.05) is 29.8 Å². The lowest BCUT2D eigenvalue weighted by Crippen LogP contribution is -2.27. The zero-order valence-corrected chi connectivity index (χ0v) is 14.6. The molecule has 1 atom stereocenters. The SMILES string of the molecule is Cc1nc(NCC(O)c2ccccc2Cl)cc(C2CCNCC2)n1. The van der Waals surface area contributed by atoms with Gasteiger partial charge in [0, 0.05) is 34.8 Å². The van der Waals surface area contributed by atoms with Crippen molar-refractivity contribution < 1.29 is 5.11 Å². The van der Waals surface area contributed by atoms with Crippen molar-refractivity contribution in [2.24, 2.45) is 0 Å². The van der Waals surface area contributed by atoms with Crippen LogP contribution in [-0.4, -0.2) is 34.7 Å². The Hall–Kier alpha value is -1.69. The molecular formula is C18H23ClN4O. The fourth-order valence-corrected chi connectivity index (χ4v) is 3.33. The maximum absolute atomic E-state index is 10.4. The molecule has 2 heterocycles. The smallest absolute Gasteiger partial charge is 0.130 e. The van der Waals surface area contributed by atoms with E-state index in [-0.39, 0.29) is 0 Å². The van der Waals surface area contributed by atoms with Crippen LogP contribution in [-0.2, 0) is 0 Å². The summed E-state index contributed by atoms with van der Waals surface area (Å²) in [4.78, 5) is 9.03. The van der Waals surface area contributed by atoms with E-state index in [0.717, 1.165) is 48.8 Å². The van der Waals surface area contributed by atoms with E-state index in [2.05, 4.69) is 20.6 Å². The number of nitrogens with one attached hydrogen (secondary N) is 2. The van der Waals surface area contributed by atoms with Crippen LogP contribution in [0.15, 0.2) is 30.3 Å². The third kappa shape index (κ3) is 4.23. The molecule has 1 fully saturated rings. The molecule has 5 nitrogen and oxygen atoms in total. The summed E-state index contributed by atoms with van der Waals surface area (Å²) in [5.41, 5.74) is 1.80. The largest absolute Gasteiger partial charge is 0.387 e. The Morgan fingerprint density at radius 2 is 2.04 bits per heavy atom. The van der Waals surface area contributed by atoms with E-state index >= 15 is 0 Å². The number of benzene rings is 1. The number of aliphatic hydroxyl groups excluding tert-OH is 1. The fraction of sp³-hybridized carbons (Fsp3) is 0.444. The van der Waals surface area contributed by atoms with Crippen molar-refractivity contribution >= 4 is 17.4 Å². The number of nitrogens with zero attached hydrogens (tertiary/aromatic N) is 2. The van der Waals surface area contributed by atoms with Crippen molar-refractivity contribution in [1.29, 1.82) is 0 Å². The zero-order valence-electron chi connectivity index (χ0n) is 13.8. The number of hydrogen-bond donors (Lipinski definition) is 3. The second kappa shape index (κ2) is 7.92. The third-order valence-corrected chi connectivity index (χ3v) is 4.70. The topological polar surface area (TPSA) is 70.1 Å². The lowest BCUT2D eigenvalue weighted by molar-refractivity contribution is 0.191. The van der Waals surface area contributed by atoms with Crippen LogP contribution >= 0.6 is 11.6 Å². The molecule has 1 aromatic heterocycles. The first-order valence-electron chi connectivity index (χ1n) is 8.36. The molecule has 0 saturated carbocycles. The van der Waals surface area contributed by atoms with E-state index in [4.69, 9.17) is 11.6 Å². The summed E-state index contributed by atoms with van der Waals surface area (Å²) in [6.07, 6.45) is 1.51. The van der Waals surface area contributed by atoms with Gasteiger partial charge in [0.25, 0.3) is 0 Å². The van der Waals surface area contributed by atoms with Crippen LogP contribution in [0.5, 0.6) is 0 Å². The monoisotopic (exact) mass is 346 g/mol. The zero-order chi connectivity index (χ0) is 16.9. The van der Waals surface area contributed by atoms with Crippen molar-refractivity contribution in [2.45, 2.75) is 31.8 Å². The van der Waals surface area contributed by atoms with Crippen LogP contribution in [0.4, 0.5) is 5.82 Å². The van der Waals surface area contributed by atoms with E-state index in [9.17, 15) is 5.11 Å². The lowest BCUT2D eigenvalue weighted by atomic mass is 9.94. The van der Waals surface area contributed by atoms with E-state index in [1.807, 2.05) is 31.2 Å². The van der Waals surface area contributed by atoms with Gasteiger partial charge in [0.05, 0.1) is 6.10 Å². The summed E-state index contributed by atoms with van der Waals surface area (Å²) < 4.78 is 0. The Morgan fingerprint density at radius 1 is 1.29 bits per heavy atom. The maximum atomic E-state index is 10.4. The summed E-state index contributed by atoms with van der Waals surface area (Å²) >= 11 is 6.13. The first-order valence-corrected chi connectivity index (χ1v) is 8.74. The van der Waals surface area contributed by atoms with Crippen molar-refractivity contribution in [3.8, 4) is 0 Å². The summed E-state index contributed by atoms with van der Waals surface area (Å²) in [6.45, 7) is 4.31. The molecule has 0 spiro atoms. The van der Waals surface area contributed by atoms with E-state index < -0.39 is 6.10 Å². The Morgan fingerprint density at radius 3 is 2.79 bits per heavy atom. The predicted octanol–water partition coefficient (Wildman–Crippen LogP) is 3.05. The average molecular weight is 347 g/mol. The van der Waals surface area contributed by atoms with Crippen molar-refractivity contribution in [3.05, 3.63) is 52.4 Å². The van der Waals surface area contributed by atoms with Crippen LogP contribution in [0, 0.1) is 6.92 Å². The number of aromatic nitrogens is 2. The minimum atomic E-state index is -0.684. The van der Waals surface area contributed by atoms with Crippen molar-refractivity contribution in [1.82, 2.24) is 15.3 Å². The minimum Gasteiger partial charge on any atom is -0.387 e. The second-order valence-electron chi connectivity index (χ2n) is 6.17. The molecule has 0 amide bonds. The molecular weight excluding hydrogens is 324 g/mol. The maximum Gasteiger partial charge on any atom is 0.130 e. The highest BCUT2D eigenvalue weighted by atomic mass is 35.5. The van der Waals surface area contributed by atoms with Gasteiger partial charge in [0.2, 0.25) is 0 Å². The molecule has 1 aliphatic rings. The first kappa shape index (κ1) is 17.1. The molecule has 6 heteroatoms. The predicted molar refractivity (Wildman–Crippen MR) is 96.5 cm³/mol. The number of aliphatic hydroxyl groups is 1. The number of halogens is 1. The van der Waals surface area contributed by atoms with Gasteiger partial charge >= 0.3 is 0 Å². The normalized spacial score (nSPS) is 16.8. The molecule has 1 aromatic carbocycles. The van der Waals surface area contributed by atoms with Gasteiger partial charge in [-0.25, -0.2) is 9.97 Å². The molecule has 1 aliphatic heterocycles. The van der Waals surface area contributed by atoms with Gasteiger partial charge < -0.3 is 15.7 Å². The Bertz CT molecular complexity index is 688. The van der Waals surface area contributed by atoms with E-state index in [1.54, 1.807) is 6.07 Å². The second-order valence-corrected chi connectivity index (χ2v) is 6.57. The summed E-state index contributed by atoms with van der Waals surface area (Å²) in [5, 5.41) is 17.5. The van der Waals surface area contributed by atoms with Gasteiger partial charge in [-0.2, -0.15) is 0 Å². The van der Waals surface area contributed by atoms with Gasteiger partial charge in [-0.3, -0.25) is 0 Å². The molecule has 0 radical (unpaired) electrons. The highest BCUT2D eigenvalue weighted by Gasteiger charge is 2.18. The van der Waals surface area contributed by atoms with E-state index in [1.165, 1.54) is 0 Å². The molecule has 3 rings (SSSR count). The number of anilines is 1. The van der Waals surface area contributed by atoms with Crippen LogP contribution < -0.4 is 10.6 Å². The minimum absolute atomic E-state index is 0.353. The Kier molecular flexibility index (Phi) is 5.66. The van der Waals surface area contributed by atoms with Gasteiger partial charge in [-0.05, 0) is 38.9 Å². The molecule has 3 N–H and O–H groups in total. The summed E-state index contributed by atoms with van der Waals surface area (Å²) in [7, 11) is 0. The summed E-state index contributed by atoms with van der Waals surface area (Å²) in [6, 6.07) is 9.34. The average Bonchev–Trinajstić information content (AvgIpc) is 2.60. The van der Waals surface area contributed by atoms with Crippen molar-refractivity contribution in [2.75, 3.05) is 25.0 Å². The third-order valence-electron chi connectivity index (χ3n) is 4.36. The Balaban J connectivity index is 1.68. The molecule has 1 unspecified atom stereocenters. The van der Waals surface area contributed by atoms with Gasteiger partial charge in [-0.15, -0.1) is 0 Å². The fourth-order valence-electron chi connectivity index (χ4n) is 3.06. The van der Waals surface area contributed by atoms with Crippen molar-refractivity contribution in [3.63, 3.8) is 0 Å². The first-order chi connectivity index (χ1) is 11.6. The number of aryl methyl sites for hydroxylation is 1. The molecule has 24 heavy (non-hydrogen) atoms. The van der Waals surface area contributed by atoms with Crippen LogP contribution in [0.3, 0.4) is 0 Å². The highest BCUT2D eigenvalue weighted by molar-refractivity contribution is 6.31. The molecule has 2 aromatic rings. The molecule has 128 valence electrons. The number of hydrogen-bond acceptors (Lipinski definition) is 5. The van der Waals surface area contributed by atoms with Gasteiger partial charge in [0.1, 0.15) is 11.6 Å². The highest BCUT2D eigenvalue weighted by Crippen LogP contribution is 2.26. The number of rotatable bonds is 5. The van der Waals surface area contributed by atoms with E-state index in [0.29, 0.717) is 17.5 Å². The summed E-state index contributed by atoms with van der Waals surface area (Å²) in [5.74, 6) is 1.98. The van der Waals surface area contributed by atoms with Crippen LogP contribution in [0.1, 0.15) is 41.9 Å². The molecule has 0 aliphatic carbocycles. The standard InChI is InChI=1S/C18H23ClN4O/c1-12-22-16(13-6-8-20-9-7-13)10-18(23-12)21-11-17(24)14-4-2-3-5-15(14)19/h2-5,10,13,17,20,24H,6-9,11H2,1H3,(H,21,22,23).